The van der Waals surface area contributed by atoms with E-state index in [-0.39, 0.29) is 10.8 Å². The number of hydrogen-bond donors (Lipinski definition) is 1. The second-order valence-electron chi connectivity index (χ2n) is 6.42. The number of sulfone groups is 1. The van der Waals surface area contributed by atoms with Gasteiger partial charge in [0.1, 0.15) is 0 Å². The van der Waals surface area contributed by atoms with Crippen LogP contribution in [-0.4, -0.2) is 40.2 Å². The van der Waals surface area contributed by atoms with Crippen LogP contribution in [0.4, 0.5) is 5.69 Å². The van der Waals surface area contributed by atoms with E-state index in [2.05, 4.69) is 42.3 Å². The fourth-order valence-electron chi connectivity index (χ4n) is 2.77. The van der Waals surface area contributed by atoms with Crippen molar-refractivity contribution in [2.45, 2.75) is 25.7 Å². The number of amides is 1. The Bertz CT molecular complexity index is 892. The highest BCUT2D eigenvalue weighted by atomic mass is 32.2. The van der Waals surface area contributed by atoms with E-state index in [0.717, 1.165) is 24.1 Å². The summed E-state index contributed by atoms with van der Waals surface area (Å²) in [6, 6.07) is 12.9. The van der Waals surface area contributed by atoms with Crippen LogP contribution in [-0.2, 0) is 9.84 Å². The van der Waals surface area contributed by atoms with Gasteiger partial charge in [0.2, 0.25) is 0 Å². The van der Waals surface area contributed by atoms with E-state index >= 15 is 0 Å². The topological polar surface area (TPSA) is 66.5 Å². The lowest BCUT2D eigenvalue weighted by Crippen LogP contribution is -2.35. The summed E-state index contributed by atoms with van der Waals surface area (Å²) in [6.07, 6.45) is 1.14. The van der Waals surface area contributed by atoms with Crippen LogP contribution in [0, 0.1) is 13.8 Å². The molecule has 1 amide bonds. The van der Waals surface area contributed by atoms with Crippen LogP contribution in [0.5, 0.6) is 0 Å². The lowest BCUT2D eigenvalue weighted by atomic mass is 10.1. The maximum Gasteiger partial charge on any atom is 0.251 e. The number of likely N-dealkylation sites (N-methyl/N-ethyl adjacent to an activating group) is 1. The molecule has 0 heterocycles. The van der Waals surface area contributed by atoms with Crippen molar-refractivity contribution in [1.82, 2.24) is 5.32 Å². The number of aryl methyl sites for hydroxylation is 2. The lowest BCUT2D eigenvalue weighted by molar-refractivity contribution is 0.0954. The average molecular weight is 375 g/mol. The Morgan fingerprint density at radius 1 is 1.12 bits per heavy atom. The molecule has 2 rings (SSSR count). The molecule has 0 aliphatic heterocycles. The van der Waals surface area contributed by atoms with E-state index in [1.165, 1.54) is 17.7 Å². The van der Waals surface area contributed by atoms with Crippen LogP contribution in [0.3, 0.4) is 0 Å². The molecule has 0 aliphatic rings. The third-order valence-electron chi connectivity index (χ3n) is 4.30. The Kier molecular flexibility index (Phi) is 6.42. The standard InChI is InChI=1S/C20H26N2O3S/c1-5-22(17-8-6-7-15(2)13-17)12-11-21-20(23)19-14-18(26(4,24)25)10-9-16(19)3/h6-10,13-14H,5,11-12H2,1-4H3,(H,21,23). The molecule has 0 fully saturated rings. The normalized spacial score (nSPS) is 11.2. The first-order chi connectivity index (χ1) is 12.2. The summed E-state index contributed by atoms with van der Waals surface area (Å²) < 4.78 is 23.4. The largest absolute Gasteiger partial charge is 0.370 e. The summed E-state index contributed by atoms with van der Waals surface area (Å²) in [5, 5.41) is 2.89. The van der Waals surface area contributed by atoms with Gasteiger partial charge in [0.25, 0.3) is 5.91 Å². The number of anilines is 1. The summed E-state index contributed by atoms with van der Waals surface area (Å²) in [7, 11) is -3.34. The molecule has 140 valence electrons. The maximum atomic E-state index is 12.5. The number of hydrogen-bond acceptors (Lipinski definition) is 4. The number of rotatable bonds is 7. The molecule has 0 saturated heterocycles. The quantitative estimate of drug-likeness (QED) is 0.809. The molecule has 5 nitrogen and oxygen atoms in total. The van der Waals surface area contributed by atoms with Crippen LogP contribution >= 0.6 is 0 Å². The minimum atomic E-state index is -3.34. The predicted molar refractivity (Wildman–Crippen MR) is 106 cm³/mol. The van der Waals surface area contributed by atoms with E-state index in [9.17, 15) is 13.2 Å². The molecule has 0 saturated carbocycles. The molecule has 0 bridgehead atoms. The smallest absolute Gasteiger partial charge is 0.251 e. The first kappa shape index (κ1) is 20.0. The molecule has 6 heteroatoms. The molecule has 2 aromatic carbocycles. The van der Waals surface area contributed by atoms with Crippen molar-refractivity contribution < 1.29 is 13.2 Å². The number of carbonyl (C=O) groups excluding carboxylic acids is 1. The van der Waals surface area contributed by atoms with Crippen molar-refractivity contribution in [3.8, 4) is 0 Å². The Labute approximate surface area is 156 Å². The zero-order valence-electron chi connectivity index (χ0n) is 15.7. The summed E-state index contributed by atoms with van der Waals surface area (Å²) in [5.74, 6) is -0.256. The lowest BCUT2D eigenvalue weighted by Gasteiger charge is -2.23. The molecule has 0 spiro atoms. The van der Waals surface area contributed by atoms with Crippen molar-refractivity contribution >= 4 is 21.4 Å². The highest BCUT2D eigenvalue weighted by molar-refractivity contribution is 7.90. The van der Waals surface area contributed by atoms with Gasteiger partial charge in [-0.25, -0.2) is 8.42 Å². The van der Waals surface area contributed by atoms with Gasteiger partial charge in [-0.05, 0) is 56.2 Å². The molecule has 0 radical (unpaired) electrons. The monoisotopic (exact) mass is 374 g/mol. The summed E-state index contributed by atoms with van der Waals surface area (Å²) in [6.45, 7) is 7.91. The van der Waals surface area contributed by atoms with Crippen molar-refractivity contribution in [1.29, 1.82) is 0 Å². The SMILES string of the molecule is CCN(CCNC(=O)c1cc(S(C)(=O)=O)ccc1C)c1cccc(C)c1. The molecule has 2 aromatic rings. The van der Waals surface area contributed by atoms with Crippen molar-refractivity contribution in [2.75, 3.05) is 30.8 Å². The van der Waals surface area contributed by atoms with Gasteiger partial charge in [-0.2, -0.15) is 0 Å². The first-order valence-electron chi connectivity index (χ1n) is 8.63. The van der Waals surface area contributed by atoms with E-state index < -0.39 is 9.84 Å². The summed E-state index contributed by atoms with van der Waals surface area (Å²) in [5.41, 5.74) is 3.46. The van der Waals surface area contributed by atoms with Gasteiger partial charge < -0.3 is 10.2 Å². The van der Waals surface area contributed by atoms with Gasteiger partial charge >= 0.3 is 0 Å². The molecular weight excluding hydrogens is 348 g/mol. The predicted octanol–water partition coefficient (Wildman–Crippen LogP) is 2.96. The highest BCUT2D eigenvalue weighted by Crippen LogP contribution is 2.16. The second-order valence-corrected chi connectivity index (χ2v) is 8.44. The van der Waals surface area contributed by atoms with Gasteiger partial charge in [0.05, 0.1) is 4.90 Å². The fraction of sp³-hybridized carbons (Fsp3) is 0.350. The Morgan fingerprint density at radius 2 is 1.85 bits per heavy atom. The van der Waals surface area contributed by atoms with Crippen molar-refractivity contribution in [3.05, 3.63) is 59.2 Å². The van der Waals surface area contributed by atoms with Crippen LogP contribution < -0.4 is 10.2 Å². The average Bonchev–Trinajstić information content (AvgIpc) is 2.58. The summed E-state index contributed by atoms with van der Waals surface area (Å²) in [4.78, 5) is 14.8. The van der Waals surface area contributed by atoms with Crippen molar-refractivity contribution in [2.24, 2.45) is 0 Å². The number of benzene rings is 2. The van der Waals surface area contributed by atoms with E-state index in [4.69, 9.17) is 0 Å². The maximum absolute atomic E-state index is 12.5. The zero-order valence-corrected chi connectivity index (χ0v) is 16.6. The summed E-state index contributed by atoms with van der Waals surface area (Å²) >= 11 is 0. The molecule has 0 aliphatic carbocycles. The third-order valence-corrected chi connectivity index (χ3v) is 5.41. The van der Waals surface area contributed by atoms with Gasteiger partial charge in [0, 0.05) is 37.1 Å². The minimum Gasteiger partial charge on any atom is -0.370 e. The second kappa shape index (κ2) is 8.36. The van der Waals surface area contributed by atoms with Gasteiger partial charge in [-0.1, -0.05) is 18.2 Å². The van der Waals surface area contributed by atoms with Crippen molar-refractivity contribution in [3.63, 3.8) is 0 Å². The van der Waals surface area contributed by atoms with Gasteiger partial charge in [-0.3, -0.25) is 4.79 Å². The fourth-order valence-corrected chi connectivity index (χ4v) is 3.42. The van der Waals surface area contributed by atoms with Gasteiger partial charge in [0.15, 0.2) is 9.84 Å². The Balaban J connectivity index is 2.04. The van der Waals surface area contributed by atoms with Crippen LogP contribution in [0.2, 0.25) is 0 Å². The van der Waals surface area contributed by atoms with Gasteiger partial charge in [-0.15, -0.1) is 0 Å². The number of carbonyl (C=O) groups is 1. The number of nitrogens with one attached hydrogen (secondary N) is 1. The molecule has 0 unspecified atom stereocenters. The van der Waals surface area contributed by atoms with E-state index in [1.807, 2.05) is 6.07 Å². The Hall–Kier alpha value is -2.34. The van der Waals surface area contributed by atoms with Crippen LogP contribution in [0.25, 0.3) is 0 Å². The zero-order chi connectivity index (χ0) is 19.3. The first-order valence-corrected chi connectivity index (χ1v) is 10.5. The Morgan fingerprint density at radius 3 is 2.46 bits per heavy atom. The van der Waals surface area contributed by atoms with E-state index in [1.54, 1.807) is 13.0 Å². The minimum absolute atomic E-state index is 0.156. The third kappa shape index (κ3) is 5.08. The highest BCUT2D eigenvalue weighted by Gasteiger charge is 2.14. The van der Waals surface area contributed by atoms with Crippen LogP contribution in [0.15, 0.2) is 47.4 Å². The van der Waals surface area contributed by atoms with Crippen LogP contribution in [0.1, 0.15) is 28.4 Å². The molecule has 26 heavy (non-hydrogen) atoms. The molecule has 0 atom stereocenters. The molecule has 0 aromatic heterocycles. The molecule has 1 N–H and O–H groups in total. The molecular formula is C20H26N2O3S. The number of nitrogens with zero attached hydrogens (tertiary/aromatic N) is 1. The van der Waals surface area contributed by atoms with E-state index in [0.29, 0.717) is 18.7 Å².